The molecule has 1 aromatic carbocycles. The van der Waals surface area contributed by atoms with Crippen LogP contribution < -0.4 is 15.8 Å². The van der Waals surface area contributed by atoms with Crippen molar-refractivity contribution >= 4 is 29.1 Å². The number of aliphatic carboxylic acids is 1. The van der Waals surface area contributed by atoms with Crippen LogP contribution in [-0.2, 0) is 11.4 Å². The first-order valence-electron chi connectivity index (χ1n) is 10.8. The molecular formula is C23H22ClF5N4O4. The molecule has 37 heavy (non-hydrogen) atoms. The van der Waals surface area contributed by atoms with Gasteiger partial charge in [0.25, 0.3) is 5.91 Å². The monoisotopic (exact) mass is 548 g/mol. The van der Waals surface area contributed by atoms with Crippen molar-refractivity contribution in [3.63, 3.8) is 0 Å². The number of pyridine rings is 1. The number of aromatic nitrogens is 2. The summed E-state index contributed by atoms with van der Waals surface area (Å²) in [6.45, 7) is 1.71. The van der Waals surface area contributed by atoms with E-state index < -0.39 is 23.8 Å². The number of ether oxygens (including phenoxy) is 1. The van der Waals surface area contributed by atoms with Crippen LogP contribution >= 0.6 is 11.6 Å². The topological polar surface area (TPSA) is 119 Å². The number of nitrogens with one attached hydrogen (secondary N) is 1. The van der Waals surface area contributed by atoms with Crippen molar-refractivity contribution in [2.45, 2.75) is 44.5 Å². The molecule has 200 valence electrons. The van der Waals surface area contributed by atoms with Gasteiger partial charge in [0.1, 0.15) is 23.9 Å². The molecule has 14 heteroatoms. The SMILES string of the molecule is Cc1nc2c(OCc3c(F)cccc3F)cc(Cl)cn2c1C(=O)NCC1(N)CCC1.O=C(O)C(F)(F)F. The molecule has 4 N–H and O–H groups in total. The summed E-state index contributed by atoms with van der Waals surface area (Å²) in [5, 5.41) is 10.3. The summed E-state index contributed by atoms with van der Waals surface area (Å²) >= 11 is 6.21. The maximum absolute atomic E-state index is 13.9. The predicted octanol–water partition coefficient (Wildman–Crippen LogP) is 4.40. The van der Waals surface area contributed by atoms with Gasteiger partial charge in [-0.05, 0) is 38.3 Å². The zero-order valence-electron chi connectivity index (χ0n) is 19.3. The minimum Gasteiger partial charge on any atom is -0.485 e. The third-order valence-electron chi connectivity index (χ3n) is 5.67. The van der Waals surface area contributed by atoms with Gasteiger partial charge >= 0.3 is 12.1 Å². The number of hydrogen-bond acceptors (Lipinski definition) is 5. The van der Waals surface area contributed by atoms with Gasteiger partial charge < -0.3 is 20.9 Å². The van der Waals surface area contributed by atoms with Crippen molar-refractivity contribution < 1.29 is 41.4 Å². The van der Waals surface area contributed by atoms with E-state index in [4.69, 9.17) is 32.0 Å². The normalized spacial score (nSPS) is 14.4. The first kappa shape index (κ1) is 28.1. The maximum Gasteiger partial charge on any atom is 0.490 e. The zero-order chi connectivity index (χ0) is 27.5. The number of carbonyl (C=O) groups is 2. The Balaban J connectivity index is 0.000000479. The molecule has 8 nitrogen and oxygen atoms in total. The lowest BCUT2D eigenvalue weighted by Crippen LogP contribution is -2.55. The average molecular weight is 549 g/mol. The van der Waals surface area contributed by atoms with E-state index in [-0.39, 0.29) is 34.4 Å². The van der Waals surface area contributed by atoms with Crippen LogP contribution in [0.2, 0.25) is 5.02 Å². The van der Waals surface area contributed by atoms with Crippen molar-refractivity contribution in [1.29, 1.82) is 0 Å². The number of carboxylic acids is 1. The number of benzene rings is 1. The zero-order valence-corrected chi connectivity index (χ0v) is 20.1. The van der Waals surface area contributed by atoms with Crippen LogP contribution in [0.1, 0.15) is 41.0 Å². The van der Waals surface area contributed by atoms with Crippen molar-refractivity contribution in [1.82, 2.24) is 14.7 Å². The van der Waals surface area contributed by atoms with Crippen molar-refractivity contribution in [2.75, 3.05) is 6.54 Å². The van der Waals surface area contributed by atoms with Gasteiger partial charge in [0.2, 0.25) is 0 Å². The standard InChI is InChI=1S/C21H21ClF2N4O2.C2HF3O2/c1-12-18(20(29)26-11-21(25)6-3-7-21)28-9-13(22)8-17(19(28)27-12)30-10-14-15(23)4-2-5-16(14)24;3-2(4,5)1(6)7/h2,4-5,8-9H,3,6-7,10-11,25H2,1H3,(H,26,29);(H,6,7). The van der Waals surface area contributed by atoms with Gasteiger partial charge in [-0.25, -0.2) is 18.6 Å². The Bertz CT molecular complexity index is 1300. The molecule has 0 unspecified atom stereocenters. The van der Waals surface area contributed by atoms with E-state index in [1.165, 1.54) is 16.5 Å². The van der Waals surface area contributed by atoms with E-state index in [1.54, 1.807) is 13.1 Å². The van der Waals surface area contributed by atoms with Crippen LogP contribution in [0.25, 0.3) is 5.65 Å². The number of carbonyl (C=O) groups excluding carboxylic acids is 1. The number of alkyl halides is 3. The Labute approximate surface area is 212 Å². The van der Waals surface area contributed by atoms with E-state index in [2.05, 4.69) is 10.3 Å². The Morgan fingerprint density at radius 3 is 2.38 bits per heavy atom. The van der Waals surface area contributed by atoms with Crippen molar-refractivity contribution in [3.8, 4) is 5.75 Å². The van der Waals surface area contributed by atoms with Crippen LogP contribution in [0.3, 0.4) is 0 Å². The van der Waals surface area contributed by atoms with Crippen LogP contribution in [-0.4, -0.2) is 44.6 Å². The molecule has 0 bridgehead atoms. The number of rotatable bonds is 6. The molecule has 0 saturated heterocycles. The Morgan fingerprint density at radius 1 is 1.27 bits per heavy atom. The molecule has 0 atom stereocenters. The predicted molar refractivity (Wildman–Crippen MR) is 122 cm³/mol. The smallest absolute Gasteiger partial charge is 0.485 e. The van der Waals surface area contributed by atoms with Crippen LogP contribution in [0, 0.1) is 18.6 Å². The summed E-state index contributed by atoms with van der Waals surface area (Å²) in [5.74, 6) is -4.29. The Hall–Kier alpha value is -3.45. The number of halogens is 6. The summed E-state index contributed by atoms with van der Waals surface area (Å²) < 4.78 is 66.7. The Morgan fingerprint density at radius 2 is 1.86 bits per heavy atom. The second-order valence-corrected chi connectivity index (χ2v) is 8.89. The van der Waals surface area contributed by atoms with Crippen LogP contribution in [0.5, 0.6) is 5.75 Å². The van der Waals surface area contributed by atoms with Gasteiger partial charge in [0.05, 0.1) is 16.3 Å². The molecule has 4 rings (SSSR count). The maximum atomic E-state index is 13.9. The number of imidazole rings is 1. The highest BCUT2D eigenvalue weighted by atomic mass is 35.5. The second-order valence-electron chi connectivity index (χ2n) is 8.45. The lowest BCUT2D eigenvalue weighted by molar-refractivity contribution is -0.192. The molecule has 1 aliphatic carbocycles. The van der Waals surface area contributed by atoms with E-state index in [9.17, 15) is 26.7 Å². The third kappa shape index (κ3) is 6.66. The fraction of sp³-hybridized carbons (Fsp3) is 0.348. The largest absolute Gasteiger partial charge is 0.490 e. The van der Waals surface area contributed by atoms with Crippen LogP contribution in [0.4, 0.5) is 22.0 Å². The molecule has 1 saturated carbocycles. The first-order valence-corrected chi connectivity index (χ1v) is 11.2. The van der Waals surface area contributed by atoms with Crippen LogP contribution in [0.15, 0.2) is 30.5 Å². The molecule has 1 fully saturated rings. The van der Waals surface area contributed by atoms with Gasteiger partial charge in [-0.1, -0.05) is 17.7 Å². The van der Waals surface area contributed by atoms with Gasteiger partial charge in [-0.3, -0.25) is 9.20 Å². The number of nitrogens with two attached hydrogens (primary N) is 1. The summed E-state index contributed by atoms with van der Waals surface area (Å²) in [5.41, 5.74) is 6.71. The van der Waals surface area contributed by atoms with Gasteiger partial charge in [-0.15, -0.1) is 0 Å². The molecule has 2 heterocycles. The fourth-order valence-corrected chi connectivity index (χ4v) is 3.74. The summed E-state index contributed by atoms with van der Waals surface area (Å²) in [6.07, 6.45) is -0.741. The second kappa shape index (κ2) is 10.9. The molecule has 0 aliphatic heterocycles. The lowest BCUT2D eigenvalue weighted by Gasteiger charge is -2.38. The highest BCUT2D eigenvalue weighted by Crippen LogP contribution is 2.30. The third-order valence-corrected chi connectivity index (χ3v) is 5.88. The molecular weight excluding hydrogens is 527 g/mol. The molecule has 0 spiro atoms. The number of hydrogen-bond donors (Lipinski definition) is 3. The van der Waals surface area contributed by atoms with Gasteiger partial charge in [-0.2, -0.15) is 13.2 Å². The molecule has 0 radical (unpaired) electrons. The molecule has 3 aromatic rings. The summed E-state index contributed by atoms with van der Waals surface area (Å²) in [4.78, 5) is 26.1. The molecule has 1 aliphatic rings. The highest BCUT2D eigenvalue weighted by Gasteiger charge is 2.38. The highest BCUT2D eigenvalue weighted by molar-refractivity contribution is 6.30. The molecule has 1 amide bonds. The van der Waals surface area contributed by atoms with E-state index in [0.29, 0.717) is 23.6 Å². The lowest BCUT2D eigenvalue weighted by atomic mass is 9.78. The number of fused-ring (bicyclic) bond motifs is 1. The van der Waals surface area contributed by atoms with Gasteiger partial charge in [0, 0.05) is 24.3 Å². The first-order chi connectivity index (χ1) is 17.2. The van der Waals surface area contributed by atoms with Crippen molar-refractivity contribution in [3.05, 3.63) is 64.1 Å². The van der Waals surface area contributed by atoms with E-state index in [0.717, 1.165) is 31.4 Å². The van der Waals surface area contributed by atoms with E-state index in [1.807, 2.05) is 0 Å². The number of amides is 1. The average Bonchev–Trinajstić information content (AvgIpc) is 3.11. The number of nitrogens with zero attached hydrogens (tertiary/aromatic N) is 2. The fourth-order valence-electron chi connectivity index (χ4n) is 3.54. The minimum atomic E-state index is -5.08. The number of carboxylic acid groups (broad SMARTS) is 1. The summed E-state index contributed by atoms with van der Waals surface area (Å²) in [6, 6.07) is 5.09. The number of aryl methyl sites for hydroxylation is 1. The van der Waals surface area contributed by atoms with Crippen molar-refractivity contribution in [2.24, 2.45) is 5.73 Å². The molecule has 2 aromatic heterocycles. The minimum absolute atomic E-state index is 0.203. The van der Waals surface area contributed by atoms with E-state index >= 15 is 0 Å². The van der Waals surface area contributed by atoms with Gasteiger partial charge in [0.15, 0.2) is 11.4 Å². The summed E-state index contributed by atoms with van der Waals surface area (Å²) in [7, 11) is 0. The quantitative estimate of drug-likeness (QED) is 0.393. The Kier molecular flexibility index (Phi) is 8.28.